The minimum atomic E-state index is 0.211. The summed E-state index contributed by atoms with van der Waals surface area (Å²) in [7, 11) is 0. The van der Waals surface area contributed by atoms with E-state index in [9.17, 15) is 0 Å². The molecule has 0 bridgehead atoms. The number of furan rings is 1. The van der Waals surface area contributed by atoms with Crippen molar-refractivity contribution in [3.63, 3.8) is 0 Å². The number of nitrogens with zero attached hydrogens (tertiary/aromatic N) is 3. The monoisotopic (exact) mass is 238 g/mol. The Labute approximate surface area is 103 Å². The topological polar surface area (TPSA) is 77.8 Å². The molecule has 18 heavy (non-hydrogen) atoms. The minimum absolute atomic E-state index is 0.211. The van der Waals surface area contributed by atoms with E-state index in [0.717, 1.165) is 11.3 Å². The summed E-state index contributed by atoms with van der Waals surface area (Å²) in [4.78, 5) is 12.4. The number of aromatic nitrogens is 3. The summed E-state index contributed by atoms with van der Waals surface area (Å²) in [6.45, 7) is 0. The first-order chi connectivity index (χ1) is 8.83. The summed E-state index contributed by atoms with van der Waals surface area (Å²) >= 11 is 0. The zero-order chi connectivity index (χ0) is 12.4. The molecular weight excluding hydrogens is 228 g/mol. The third-order valence-electron chi connectivity index (χ3n) is 2.47. The Balaban J connectivity index is 2.12. The fourth-order valence-electron chi connectivity index (χ4n) is 1.68. The van der Waals surface area contributed by atoms with Crippen LogP contribution in [0.1, 0.15) is 0 Å². The molecule has 3 heterocycles. The normalized spacial score (nSPS) is 10.4. The zero-order valence-electron chi connectivity index (χ0n) is 9.45. The van der Waals surface area contributed by atoms with E-state index >= 15 is 0 Å². The average molecular weight is 238 g/mol. The van der Waals surface area contributed by atoms with E-state index in [0.29, 0.717) is 11.5 Å². The van der Waals surface area contributed by atoms with E-state index in [-0.39, 0.29) is 5.95 Å². The van der Waals surface area contributed by atoms with E-state index in [2.05, 4.69) is 15.0 Å². The Morgan fingerprint density at radius 2 is 1.94 bits per heavy atom. The Morgan fingerprint density at radius 1 is 1.06 bits per heavy atom. The molecule has 0 fully saturated rings. The molecule has 88 valence electrons. The molecule has 0 aromatic carbocycles. The maximum atomic E-state index is 5.72. The van der Waals surface area contributed by atoms with Crippen molar-refractivity contribution in [1.82, 2.24) is 15.0 Å². The molecule has 0 saturated heterocycles. The van der Waals surface area contributed by atoms with Crippen LogP contribution in [0.25, 0.3) is 22.7 Å². The van der Waals surface area contributed by atoms with Crippen molar-refractivity contribution in [3.05, 3.63) is 49.0 Å². The summed E-state index contributed by atoms with van der Waals surface area (Å²) in [5.41, 5.74) is 7.99. The molecule has 2 N–H and O–H groups in total. The molecule has 3 aromatic heterocycles. The molecule has 0 spiro atoms. The molecular formula is C13H10N4O. The fourth-order valence-corrected chi connectivity index (χ4v) is 1.68. The van der Waals surface area contributed by atoms with Crippen LogP contribution in [-0.2, 0) is 0 Å². The predicted molar refractivity (Wildman–Crippen MR) is 67.4 cm³/mol. The molecule has 0 radical (unpaired) electrons. The molecule has 5 heteroatoms. The predicted octanol–water partition coefficient (Wildman–Crippen LogP) is 2.38. The SMILES string of the molecule is Nc1nc(-c2cccnc2)cc(-c2ccco2)n1. The van der Waals surface area contributed by atoms with E-state index in [1.165, 1.54) is 0 Å². The second-order valence-electron chi connectivity index (χ2n) is 3.72. The lowest BCUT2D eigenvalue weighted by Gasteiger charge is -2.03. The van der Waals surface area contributed by atoms with Gasteiger partial charge in [0.25, 0.3) is 0 Å². The van der Waals surface area contributed by atoms with Crippen molar-refractivity contribution in [2.45, 2.75) is 0 Å². The van der Waals surface area contributed by atoms with Crippen molar-refractivity contribution in [2.75, 3.05) is 5.73 Å². The van der Waals surface area contributed by atoms with Gasteiger partial charge in [0.2, 0.25) is 5.95 Å². The quantitative estimate of drug-likeness (QED) is 0.741. The van der Waals surface area contributed by atoms with Crippen LogP contribution >= 0.6 is 0 Å². The van der Waals surface area contributed by atoms with Gasteiger partial charge in [-0.15, -0.1) is 0 Å². The van der Waals surface area contributed by atoms with Crippen LogP contribution in [0.3, 0.4) is 0 Å². The number of hydrogen-bond acceptors (Lipinski definition) is 5. The Bertz CT molecular complexity index is 650. The molecule has 0 atom stereocenters. The molecule has 0 amide bonds. The highest BCUT2D eigenvalue weighted by atomic mass is 16.3. The van der Waals surface area contributed by atoms with Crippen LogP contribution < -0.4 is 5.73 Å². The van der Waals surface area contributed by atoms with E-state index < -0.39 is 0 Å². The number of pyridine rings is 1. The van der Waals surface area contributed by atoms with Gasteiger partial charge in [-0.3, -0.25) is 4.98 Å². The van der Waals surface area contributed by atoms with Crippen molar-refractivity contribution in [2.24, 2.45) is 0 Å². The molecule has 0 saturated carbocycles. The van der Waals surface area contributed by atoms with E-state index in [1.807, 2.05) is 24.3 Å². The third kappa shape index (κ3) is 1.93. The molecule has 0 unspecified atom stereocenters. The summed E-state index contributed by atoms with van der Waals surface area (Å²) < 4.78 is 5.30. The first-order valence-electron chi connectivity index (χ1n) is 5.42. The van der Waals surface area contributed by atoms with Crippen LogP contribution in [0, 0.1) is 0 Å². The van der Waals surface area contributed by atoms with Crippen LogP contribution in [0.4, 0.5) is 5.95 Å². The van der Waals surface area contributed by atoms with Gasteiger partial charge >= 0.3 is 0 Å². The first-order valence-corrected chi connectivity index (χ1v) is 5.42. The molecule has 5 nitrogen and oxygen atoms in total. The van der Waals surface area contributed by atoms with Crippen LogP contribution in [0.5, 0.6) is 0 Å². The maximum absolute atomic E-state index is 5.72. The van der Waals surface area contributed by atoms with Gasteiger partial charge < -0.3 is 10.2 Å². The van der Waals surface area contributed by atoms with Crippen LogP contribution in [-0.4, -0.2) is 15.0 Å². The maximum Gasteiger partial charge on any atom is 0.221 e. The first kappa shape index (κ1) is 10.5. The fraction of sp³-hybridized carbons (Fsp3) is 0. The number of nitrogens with two attached hydrogens (primary N) is 1. The number of nitrogen functional groups attached to an aromatic ring is 1. The summed E-state index contributed by atoms with van der Waals surface area (Å²) in [6, 6.07) is 9.22. The standard InChI is InChI=1S/C13H10N4O/c14-13-16-10(9-3-1-5-15-8-9)7-11(17-13)12-4-2-6-18-12/h1-8H,(H2,14,16,17). The highest BCUT2D eigenvalue weighted by Gasteiger charge is 2.08. The Morgan fingerprint density at radius 3 is 2.67 bits per heavy atom. The van der Waals surface area contributed by atoms with Crippen molar-refractivity contribution in [1.29, 1.82) is 0 Å². The van der Waals surface area contributed by atoms with E-state index in [4.69, 9.17) is 10.2 Å². The molecule has 3 rings (SSSR count). The zero-order valence-corrected chi connectivity index (χ0v) is 9.45. The van der Waals surface area contributed by atoms with Gasteiger partial charge in [0, 0.05) is 18.0 Å². The summed E-state index contributed by atoms with van der Waals surface area (Å²) in [6.07, 6.45) is 5.03. The Kier molecular flexibility index (Phi) is 2.49. The van der Waals surface area contributed by atoms with Gasteiger partial charge in [-0.25, -0.2) is 9.97 Å². The highest BCUT2D eigenvalue weighted by Crippen LogP contribution is 2.23. The van der Waals surface area contributed by atoms with Crippen molar-refractivity contribution in [3.8, 4) is 22.7 Å². The lowest BCUT2D eigenvalue weighted by atomic mass is 10.1. The smallest absolute Gasteiger partial charge is 0.221 e. The van der Waals surface area contributed by atoms with Crippen molar-refractivity contribution < 1.29 is 4.42 Å². The summed E-state index contributed by atoms with van der Waals surface area (Å²) in [5, 5.41) is 0. The molecule has 0 aliphatic rings. The van der Waals surface area contributed by atoms with Gasteiger partial charge in [-0.1, -0.05) is 0 Å². The lowest BCUT2D eigenvalue weighted by Crippen LogP contribution is -1.98. The van der Waals surface area contributed by atoms with Gasteiger partial charge in [-0.2, -0.15) is 0 Å². The number of rotatable bonds is 2. The Hall–Kier alpha value is -2.69. The lowest BCUT2D eigenvalue weighted by molar-refractivity contribution is 0.580. The van der Waals surface area contributed by atoms with Gasteiger partial charge in [0.1, 0.15) is 5.69 Å². The van der Waals surface area contributed by atoms with Gasteiger partial charge in [0.15, 0.2) is 5.76 Å². The third-order valence-corrected chi connectivity index (χ3v) is 2.47. The molecule has 0 aliphatic carbocycles. The van der Waals surface area contributed by atoms with E-state index in [1.54, 1.807) is 24.7 Å². The largest absolute Gasteiger partial charge is 0.463 e. The molecule has 3 aromatic rings. The van der Waals surface area contributed by atoms with Gasteiger partial charge in [0.05, 0.1) is 12.0 Å². The second-order valence-corrected chi connectivity index (χ2v) is 3.72. The van der Waals surface area contributed by atoms with Crippen LogP contribution in [0.2, 0.25) is 0 Å². The number of anilines is 1. The van der Waals surface area contributed by atoms with Crippen LogP contribution in [0.15, 0.2) is 53.4 Å². The van der Waals surface area contributed by atoms with Crippen molar-refractivity contribution >= 4 is 5.95 Å². The average Bonchev–Trinajstić information content (AvgIpc) is 2.93. The number of hydrogen-bond donors (Lipinski definition) is 1. The minimum Gasteiger partial charge on any atom is -0.463 e. The second kappa shape index (κ2) is 4.29. The summed E-state index contributed by atoms with van der Waals surface area (Å²) in [5.74, 6) is 0.872. The van der Waals surface area contributed by atoms with Gasteiger partial charge in [-0.05, 0) is 30.3 Å². The molecule has 0 aliphatic heterocycles. The highest BCUT2D eigenvalue weighted by molar-refractivity contribution is 5.66.